The van der Waals surface area contributed by atoms with Crippen molar-refractivity contribution >= 4 is 12.1 Å². The second kappa shape index (κ2) is 6.58. The van der Waals surface area contributed by atoms with Gasteiger partial charge in [-0.1, -0.05) is 36.4 Å². The number of benzene rings is 1. The van der Waals surface area contributed by atoms with Gasteiger partial charge >= 0.3 is 12.1 Å². The number of carbonyl (C=O) groups excluding carboxylic acids is 1. The van der Waals surface area contributed by atoms with Crippen molar-refractivity contribution in [1.29, 1.82) is 0 Å². The number of hydrogen-bond acceptors (Lipinski definition) is 3. The fourth-order valence-electron chi connectivity index (χ4n) is 1.46. The Labute approximate surface area is 111 Å². The van der Waals surface area contributed by atoms with Crippen molar-refractivity contribution in [3.63, 3.8) is 0 Å². The first-order chi connectivity index (χ1) is 8.98. The molecule has 0 aliphatic rings. The first kappa shape index (κ1) is 14.8. The van der Waals surface area contributed by atoms with Gasteiger partial charge < -0.3 is 15.2 Å². The van der Waals surface area contributed by atoms with Crippen LogP contribution in [0.25, 0.3) is 0 Å². The second-order valence-electron chi connectivity index (χ2n) is 4.32. The molecule has 0 aromatic heterocycles. The number of ether oxygens (including phenoxy) is 1. The monoisotopic (exact) mass is 263 g/mol. The lowest BCUT2D eigenvalue weighted by atomic mass is 9.98. The lowest BCUT2D eigenvalue weighted by Crippen LogP contribution is -2.52. The molecule has 0 spiro atoms. The van der Waals surface area contributed by atoms with Gasteiger partial charge in [-0.25, -0.2) is 9.59 Å². The molecule has 0 saturated carbocycles. The van der Waals surface area contributed by atoms with Crippen LogP contribution in [0, 0.1) is 0 Å². The van der Waals surface area contributed by atoms with Gasteiger partial charge in [0.1, 0.15) is 12.1 Å². The van der Waals surface area contributed by atoms with Crippen molar-refractivity contribution in [2.45, 2.75) is 25.5 Å². The van der Waals surface area contributed by atoms with Crippen LogP contribution in [0.4, 0.5) is 4.79 Å². The number of carboxylic acid groups (broad SMARTS) is 1. The molecule has 1 aromatic carbocycles. The third kappa shape index (κ3) is 4.46. The van der Waals surface area contributed by atoms with E-state index in [1.807, 2.05) is 30.3 Å². The molecule has 1 aromatic rings. The molecule has 1 amide bonds. The molecule has 5 nitrogen and oxygen atoms in total. The first-order valence-electron chi connectivity index (χ1n) is 5.81. The quantitative estimate of drug-likeness (QED) is 0.772. The van der Waals surface area contributed by atoms with Crippen molar-refractivity contribution in [3.05, 3.63) is 48.6 Å². The maximum atomic E-state index is 11.6. The fourth-order valence-corrected chi connectivity index (χ4v) is 1.46. The van der Waals surface area contributed by atoms with E-state index in [4.69, 9.17) is 9.84 Å². The molecule has 1 rings (SSSR count). The second-order valence-corrected chi connectivity index (χ2v) is 4.32. The zero-order valence-corrected chi connectivity index (χ0v) is 10.8. The number of hydrogen-bond donors (Lipinski definition) is 2. The summed E-state index contributed by atoms with van der Waals surface area (Å²) >= 11 is 0. The van der Waals surface area contributed by atoms with Crippen LogP contribution < -0.4 is 5.32 Å². The number of nitrogens with one attached hydrogen (secondary N) is 1. The molecule has 0 bridgehead atoms. The lowest BCUT2D eigenvalue weighted by molar-refractivity contribution is -0.143. The SMILES string of the molecule is C=CC[C@](C)(NC(=O)OCc1ccccc1)C(=O)O. The van der Waals surface area contributed by atoms with Gasteiger partial charge in [-0.3, -0.25) is 0 Å². The van der Waals surface area contributed by atoms with Gasteiger partial charge in [0.2, 0.25) is 0 Å². The zero-order valence-electron chi connectivity index (χ0n) is 10.8. The highest BCUT2D eigenvalue weighted by Gasteiger charge is 2.34. The Hall–Kier alpha value is -2.30. The van der Waals surface area contributed by atoms with Gasteiger partial charge in [-0.15, -0.1) is 6.58 Å². The Kier molecular flexibility index (Phi) is 5.11. The van der Waals surface area contributed by atoms with Crippen LogP contribution in [0.1, 0.15) is 18.9 Å². The van der Waals surface area contributed by atoms with E-state index < -0.39 is 17.6 Å². The molecule has 0 aliphatic carbocycles. The Bertz CT molecular complexity index is 458. The number of amides is 1. The van der Waals surface area contributed by atoms with E-state index in [9.17, 15) is 9.59 Å². The average Bonchev–Trinajstić information content (AvgIpc) is 2.37. The van der Waals surface area contributed by atoms with E-state index in [1.165, 1.54) is 13.0 Å². The van der Waals surface area contributed by atoms with Gasteiger partial charge in [-0.2, -0.15) is 0 Å². The van der Waals surface area contributed by atoms with Crippen molar-refractivity contribution in [2.24, 2.45) is 0 Å². The topological polar surface area (TPSA) is 75.6 Å². The van der Waals surface area contributed by atoms with E-state index in [-0.39, 0.29) is 13.0 Å². The number of carboxylic acids is 1. The highest BCUT2D eigenvalue weighted by atomic mass is 16.5. The van der Waals surface area contributed by atoms with Crippen molar-refractivity contribution in [3.8, 4) is 0 Å². The van der Waals surface area contributed by atoms with Gasteiger partial charge in [-0.05, 0) is 18.9 Å². The first-order valence-corrected chi connectivity index (χ1v) is 5.81. The van der Waals surface area contributed by atoms with Crippen molar-refractivity contribution in [1.82, 2.24) is 5.32 Å². The molecule has 19 heavy (non-hydrogen) atoms. The molecule has 102 valence electrons. The van der Waals surface area contributed by atoms with Crippen molar-refractivity contribution in [2.75, 3.05) is 0 Å². The van der Waals surface area contributed by atoms with E-state index in [0.29, 0.717) is 0 Å². The standard InChI is InChI=1S/C14H17NO4/c1-3-9-14(2,12(16)17)15-13(18)19-10-11-7-5-4-6-8-11/h3-8H,1,9-10H2,2H3,(H,15,18)(H,16,17)/t14-/m0/s1. The summed E-state index contributed by atoms with van der Waals surface area (Å²) in [6.45, 7) is 4.97. The van der Waals surface area contributed by atoms with Gasteiger partial charge in [0.15, 0.2) is 0 Å². The summed E-state index contributed by atoms with van der Waals surface area (Å²) in [4.78, 5) is 22.7. The molecular weight excluding hydrogens is 246 g/mol. The zero-order chi connectivity index (χ0) is 14.3. The molecule has 0 fully saturated rings. The third-order valence-corrected chi connectivity index (χ3v) is 2.62. The summed E-state index contributed by atoms with van der Waals surface area (Å²) in [7, 11) is 0. The number of alkyl carbamates (subject to hydrolysis) is 1. The van der Waals surface area contributed by atoms with E-state index in [0.717, 1.165) is 5.56 Å². The summed E-state index contributed by atoms with van der Waals surface area (Å²) in [5, 5.41) is 11.4. The highest BCUT2D eigenvalue weighted by molar-refractivity contribution is 5.84. The Morgan fingerprint density at radius 2 is 2.05 bits per heavy atom. The molecule has 1 atom stereocenters. The van der Waals surface area contributed by atoms with Crippen LogP contribution in [-0.4, -0.2) is 22.7 Å². The summed E-state index contributed by atoms with van der Waals surface area (Å²) < 4.78 is 4.97. The van der Waals surface area contributed by atoms with Crippen LogP contribution in [0.15, 0.2) is 43.0 Å². The van der Waals surface area contributed by atoms with Gasteiger partial charge in [0.25, 0.3) is 0 Å². The molecule has 0 aliphatic heterocycles. The van der Waals surface area contributed by atoms with Crippen LogP contribution >= 0.6 is 0 Å². The maximum Gasteiger partial charge on any atom is 0.408 e. The Balaban J connectivity index is 2.54. The van der Waals surface area contributed by atoms with Crippen LogP contribution in [-0.2, 0) is 16.1 Å². The molecule has 0 heterocycles. The highest BCUT2D eigenvalue weighted by Crippen LogP contribution is 2.11. The fraction of sp³-hybridized carbons (Fsp3) is 0.286. The summed E-state index contributed by atoms with van der Waals surface area (Å²) in [5.41, 5.74) is -0.575. The molecule has 5 heteroatoms. The summed E-state index contributed by atoms with van der Waals surface area (Å²) in [5.74, 6) is -1.14. The van der Waals surface area contributed by atoms with Gasteiger partial charge in [0, 0.05) is 0 Å². The number of carbonyl (C=O) groups is 2. The Morgan fingerprint density at radius 1 is 1.42 bits per heavy atom. The predicted octanol–water partition coefficient (Wildman–Crippen LogP) is 2.33. The summed E-state index contributed by atoms with van der Waals surface area (Å²) in [6.07, 6.45) is 0.782. The molecule has 0 unspecified atom stereocenters. The van der Waals surface area contributed by atoms with Gasteiger partial charge in [0.05, 0.1) is 0 Å². The predicted molar refractivity (Wildman–Crippen MR) is 70.6 cm³/mol. The van der Waals surface area contributed by atoms with E-state index >= 15 is 0 Å². The number of aliphatic carboxylic acids is 1. The minimum Gasteiger partial charge on any atom is -0.480 e. The Morgan fingerprint density at radius 3 is 2.58 bits per heavy atom. The summed E-state index contributed by atoms with van der Waals surface area (Å²) in [6, 6.07) is 9.14. The van der Waals surface area contributed by atoms with E-state index in [2.05, 4.69) is 11.9 Å². The maximum absolute atomic E-state index is 11.6. The molecule has 2 N–H and O–H groups in total. The van der Waals surface area contributed by atoms with Crippen LogP contribution in [0.2, 0.25) is 0 Å². The van der Waals surface area contributed by atoms with Crippen LogP contribution in [0.5, 0.6) is 0 Å². The molecular formula is C14H17NO4. The smallest absolute Gasteiger partial charge is 0.408 e. The normalized spacial score (nSPS) is 13.1. The molecule has 0 saturated heterocycles. The average molecular weight is 263 g/mol. The minimum atomic E-state index is -1.41. The van der Waals surface area contributed by atoms with Crippen LogP contribution in [0.3, 0.4) is 0 Å². The third-order valence-electron chi connectivity index (χ3n) is 2.62. The van der Waals surface area contributed by atoms with Crippen molar-refractivity contribution < 1.29 is 19.4 Å². The number of rotatable bonds is 6. The lowest BCUT2D eigenvalue weighted by Gasteiger charge is -2.24. The largest absolute Gasteiger partial charge is 0.480 e. The van der Waals surface area contributed by atoms with E-state index in [1.54, 1.807) is 0 Å². The minimum absolute atomic E-state index is 0.0937. The molecule has 0 radical (unpaired) electrons.